The molecule has 1 saturated heterocycles. The van der Waals surface area contributed by atoms with Gasteiger partial charge in [-0.3, -0.25) is 4.79 Å². The maximum atomic E-state index is 14.2. The first kappa shape index (κ1) is 19.3. The normalized spacial score (nSPS) is 19.9. The molecule has 3 aromatic heterocycles. The largest absolute Gasteiger partial charge is 0.337 e. The van der Waals surface area contributed by atoms with E-state index in [9.17, 15) is 18.0 Å². The smallest absolute Gasteiger partial charge is 0.280 e. The van der Waals surface area contributed by atoms with Crippen LogP contribution in [0.15, 0.2) is 24.5 Å². The van der Waals surface area contributed by atoms with Gasteiger partial charge < -0.3 is 4.90 Å². The number of carbonyl (C=O) groups excluding carboxylic acids is 1. The molecule has 0 radical (unpaired) electrons. The second kappa shape index (κ2) is 7.41. The second-order valence-electron chi connectivity index (χ2n) is 7.29. The van der Waals surface area contributed by atoms with Gasteiger partial charge in [-0.15, -0.1) is 0 Å². The van der Waals surface area contributed by atoms with E-state index in [-0.39, 0.29) is 35.5 Å². The van der Waals surface area contributed by atoms with Crippen molar-refractivity contribution in [1.82, 2.24) is 29.5 Å². The number of hydrogen-bond acceptors (Lipinski definition) is 5. The van der Waals surface area contributed by atoms with Gasteiger partial charge in [0.15, 0.2) is 11.5 Å². The summed E-state index contributed by atoms with van der Waals surface area (Å²) >= 11 is 0. The van der Waals surface area contributed by atoms with Gasteiger partial charge in [0.2, 0.25) is 0 Å². The fourth-order valence-corrected chi connectivity index (χ4v) is 3.71. The lowest BCUT2D eigenvalue weighted by atomic mass is 9.84. The number of amides is 1. The van der Waals surface area contributed by atoms with Crippen molar-refractivity contribution < 1.29 is 18.0 Å². The van der Waals surface area contributed by atoms with Crippen molar-refractivity contribution in [3.05, 3.63) is 53.1 Å². The molecule has 1 fully saturated rings. The zero-order valence-electron chi connectivity index (χ0n) is 15.9. The highest BCUT2D eigenvalue weighted by atomic mass is 19.3. The number of fused-ring (bicyclic) bond motifs is 1. The molecule has 10 heteroatoms. The van der Waals surface area contributed by atoms with Crippen LogP contribution in [0, 0.1) is 18.7 Å². The molecule has 29 heavy (non-hydrogen) atoms. The number of alkyl halides is 2. The molecule has 0 bridgehead atoms. The van der Waals surface area contributed by atoms with Crippen molar-refractivity contribution in [2.45, 2.75) is 32.6 Å². The van der Waals surface area contributed by atoms with E-state index in [0.29, 0.717) is 24.4 Å². The summed E-state index contributed by atoms with van der Waals surface area (Å²) in [4.78, 5) is 26.2. The Morgan fingerprint density at radius 2 is 2.07 bits per heavy atom. The zero-order valence-corrected chi connectivity index (χ0v) is 15.9. The number of hydrogen-bond donors (Lipinski definition) is 0. The van der Waals surface area contributed by atoms with Crippen LogP contribution in [0.5, 0.6) is 0 Å². The molecule has 4 heterocycles. The second-order valence-corrected chi connectivity index (χ2v) is 7.29. The summed E-state index contributed by atoms with van der Waals surface area (Å²) in [6, 6.07) is 4.03. The third-order valence-corrected chi connectivity index (χ3v) is 5.34. The predicted molar refractivity (Wildman–Crippen MR) is 97.1 cm³/mol. The summed E-state index contributed by atoms with van der Waals surface area (Å²) in [5.74, 6) is -1.31. The highest BCUT2D eigenvalue weighted by molar-refractivity contribution is 5.92. The fourth-order valence-electron chi connectivity index (χ4n) is 3.71. The first-order valence-electron chi connectivity index (χ1n) is 9.26. The standard InChI is InChI=1S/C19H19F3N6O/c1-10-5-6-27(18(29)16-13(20)4-3-11(2)25-16)8-12(10)15-7-14(17(21)22)26-19-23-9-24-28(15)19/h3-4,7,9-10,12,17H,5-6,8H2,1-2H3/t10-,12+/m1/s1. The van der Waals surface area contributed by atoms with E-state index < -0.39 is 18.1 Å². The van der Waals surface area contributed by atoms with Gasteiger partial charge in [0.1, 0.15) is 12.0 Å². The molecule has 3 aromatic rings. The van der Waals surface area contributed by atoms with E-state index in [2.05, 4.69) is 20.1 Å². The quantitative estimate of drug-likeness (QED) is 0.670. The Balaban J connectivity index is 1.70. The van der Waals surface area contributed by atoms with Crippen molar-refractivity contribution >= 4 is 11.7 Å². The van der Waals surface area contributed by atoms with Crippen LogP contribution in [0.4, 0.5) is 13.2 Å². The van der Waals surface area contributed by atoms with Crippen LogP contribution < -0.4 is 0 Å². The number of pyridine rings is 1. The van der Waals surface area contributed by atoms with Crippen LogP contribution in [0.25, 0.3) is 5.78 Å². The topological polar surface area (TPSA) is 76.3 Å². The van der Waals surface area contributed by atoms with Gasteiger partial charge in [0.25, 0.3) is 18.1 Å². The van der Waals surface area contributed by atoms with Crippen molar-refractivity contribution in [1.29, 1.82) is 0 Å². The molecule has 1 amide bonds. The Hall–Kier alpha value is -3.04. The molecule has 0 unspecified atom stereocenters. The lowest BCUT2D eigenvalue weighted by Gasteiger charge is -2.37. The number of likely N-dealkylation sites (tertiary alicyclic amines) is 1. The molecule has 1 aliphatic rings. The predicted octanol–water partition coefficient (Wildman–Crippen LogP) is 3.17. The Labute approximate surface area is 164 Å². The summed E-state index contributed by atoms with van der Waals surface area (Å²) in [5, 5.41) is 4.10. The van der Waals surface area contributed by atoms with Crippen molar-refractivity contribution in [2.75, 3.05) is 13.1 Å². The van der Waals surface area contributed by atoms with Crippen molar-refractivity contribution in [3.63, 3.8) is 0 Å². The Morgan fingerprint density at radius 1 is 1.28 bits per heavy atom. The number of aryl methyl sites for hydroxylation is 1. The van der Waals surface area contributed by atoms with Gasteiger partial charge in [0, 0.05) is 24.7 Å². The molecule has 2 atom stereocenters. The highest BCUT2D eigenvalue weighted by Crippen LogP contribution is 2.34. The number of halogens is 3. The maximum Gasteiger partial charge on any atom is 0.280 e. The molecule has 0 aromatic carbocycles. The van der Waals surface area contributed by atoms with Gasteiger partial charge in [-0.2, -0.15) is 10.1 Å². The summed E-state index contributed by atoms with van der Waals surface area (Å²) in [6.45, 7) is 4.33. The van der Waals surface area contributed by atoms with Crippen LogP contribution >= 0.6 is 0 Å². The van der Waals surface area contributed by atoms with Crippen LogP contribution in [0.2, 0.25) is 0 Å². The van der Waals surface area contributed by atoms with E-state index in [4.69, 9.17) is 0 Å². The molecular weight excluding hydrogens is 385 g/mol. The molecule has 7 nitrogen and oxygen atoms in total. The molecule has 4 rings (SSSR count). The SMILES string of the molecule is Cc1ccc(F)c(C(=O)N2CC[C@@H](C)[C@@H](c3cc(C(F)F)nc4ncnn34)C2)n1. The zero-order chi connectivity index (χ0) is 20.7. The number of rotatable bonds is 3. The summed E-state index contributed by atoms with van der Waals surface area (Å²) in [7, 11) is 0. The summed E-state index contributed by atoms with van der Waals surface area (Å²) in [6.07, 6.45) is -0.867. The van der Waals surface area contributed by atoms with Gasteiger partial charge >= 0.3 is 0 Å². The monoisotopic (exact) mass is 404 g/mol. The fraction of sp³-hybridized carbons (Fsp3) is 0.421. The number of carbonyl (C=O) groups is 1. The summed E-state index contributed by atoms with van der Waals surface area (Å²) < 4.78 is 42.2. The average Bonchev–Trinajstić information content (AvgIpc) is 3.18. The third kappa shape index (κ3) is 3.54. The average molecular weight is 404 g/mol. The van der Waals surface area contributed by atoms with Crippen LogP contribution in [0.1, 0.15) is 53.3 Å². The van der Waals surface area contributed by atoms with Gasteiger partial charge in [0.05, 0.1) is 5.69 Å². The molecule has 0 spiro atoms. The Kier molecular flexibility index (Phi) is 4.93. The highest BCUT2D eigenvalue weighted by Gasteiger charge is 2.34. The summed E-state index contributed by atoms with van der Waals surface area (Å²) in [5.41, 5.74) is 0.428. The van der Waals surface area contributed by atoms with Crippen molar-refractivity contribution in [3.8, 4) is 0 Å². The lowest BCUT2D eigenvalue weighted by molar-refractivity contribution is 0.0654. The van der Waals surface area contributed by atoms with E-state index in [1.807, 2.05) is 6.92 Å². The first-order chi connectivity index (χ1) is 13.8. The van der Waals surface area contributed by atoms with Gasteiger partial charge in [-0.25, -0.2) is 27.7 Å². The van der Waals surface area contributed by atoms with Crippen LogP contribution in [0.3, 0.4) is 0 Å². The third-order valence-electron chi connectivity index (χ3n) is 5.34. The number of nitrogens with zero attached hydrogens (tertiary/aromatic N) is 6. The minimum atomic E-state index is -2.75. The minimum Gasteiger partial charge on any atom is -0.337 e. The molecule has 0 N–H and O–H groups in total. The Bertz CT molecular complexity index is 1070. The van der Waals surface area contributed by atoms with Gasteiger partial charge in [-0.1, -0.05) is 6.92 Å². The molecule has 0 aliphatic carbocycles. The van der Waals surface area contributed by atoms with E-state index in [1.54, 1.807) is 6.92 Å². The molecule has 152 valence electrons. The molecule has 1 aliphatic heterocycles. The Morgan fingerprint density at radius 3 is 2.83 bits per heavy atom. The van der Waals surface area contributed by atoms with E-state index in [1.165, 1.54) is 33.9 Å². The number of aromatic nitrogens is 5. The first-order valence-corrected chi connectivity index (χ1v) is 9.26. The van der Waals surface area contributed by atoms with Crippen LogP contribution in [-0.4, -0.2) is 48.5 Å². The van der Waals surface area contributed by atoms with E-state index >= 15 is 0 Å². The lowest BCUT2D eigenvalue weighted by Crippen LogP contribution is -2.43. The number of piperidine rings is 1. The molecule has 0 saturated carbocycles. The van der Waals surface area contributed by atoms with Crippen LogP contribution in [-0.2, 0) is 0 Å². The van der Waals surface area contributed by atoms with Crippen molar-refractivity contribution in [2.24, 2.45) is 5.92 Å². The van der Waals surface area contributed by atoms with Gasteiger partial charge in [-0.05, 0) is 37.5 Å². The maximum absolute atomic E-state index is 14.2. The minimum absolute atomic E-state index is 0.0832. The molecular formula is C19H19F3N6O. The van der Waals surface area contributed by atoms with E-state index in [0.717, 1.165) is 0 Å².